The van der Waals surface area contributed by atoms with Crippen LogP contribution in [0.15, 0.2) is 0 Å². The van der Waals surface area contributed by atoms with Gasteiger partial charge < -0.3 is 0 Å². The summed E-state index contributed by atoms with van der Waals surface area (Å²) >= 11 is 0. The van der Waals surface area contributed by atoms with Crippen LogP contribution in [0.25, 0.3) is 0 Å². The second kappa shape index (κ2) is 8.97. The van der Waals surface area contributed by atoms with Crippen LogP contribution in [0.4, 0.5) is 0 Å². The molecule has 1 atom stereocenters. The minimum absolute atomic E-state index is 0.127. The lowest BCUT2D eigenvalue weighted by atomic mass is 10.1. The lowest BCUT2D eigenvalue weighted by Crippen LogP contribution is -2.08. The number of hydrogen-bond acceptors (Lipinski definition) is 3. The van der Waals surface area contributed by atoms with Gasteiger partial charge in [0.05, 0.1) is 13.2 Å². The van der Waals surface area contributed by atoms with Crippen molar-refractivity contribution < 1.29 is 14.8 Å². The molecule has 0 amide bonds. The summed E-state index contributed by atoms with van der Waals surface area (Å²) in [5.74, 6) is 0. The fourth-order valence-corrected chi connectivity index (χ4v) is 1.01. The number of rotatable bonds is 8. The van der Waals surface area contributed by atoms with Crippen LogP contribution in [0.5, 0.6) is 0 Å². The van der Waals surface area contributed by atoms with Crippen molar-refractivity contribution in [3.05, 3.63) is 0 Å². The molecule has 0 fully saturated rings. The van der Waals surface area contributed by atoms with E-state index in [-0.39, 0.29) is 6.10 Å². The molecule has 0 rings (SSSR count). The SMILES string of the molecule is CCCCCCC(C)OOOC. The van der Waals surface area contributed by atoms with Crippen molar-refractivity contribution in [1.29, 1.82) is 0 Å². The molecule has 3 heteroatoms. The highest BCUT2D eigenvalue weighted by Crippen LogP contribution is 2.07. The van der Waals surface area contributed by atoms with E-state index in [1.54, 1.807) is 0 Å². The molecule has 0 aliphatic rings. The average molecular weight is 176 g/mol. The first-order valence-electron chi connectivity index (χ1n) is 4.67. The van der Waals surface area contributed by atoms with E-state index in [2.05, 4.69) is 16.8 Å². The van der Waals surface area contributed by atoms with Gasteiger partial charge in [0, 0.05) is 0 Å². The van der Waals surface area contributed by atoms with Gasteiger partial charge in [-0.2, -0.15) is 0 Å². The van der Waals surface area contributed by atoms with Crippen LogP contribution in [0.2, 0.25) is 0 Å². The molecular weight excluding hydrogens is 156 g/mol. The van der Waals surface area contributed by atoms with Crippen LogP contribution in [-0.2, 0) is 14.8 Å². The Morgan fingerprint density at radius 1 is 1.17 bits per heavy atom. The molecule has 3 nitrogen and oxygen atoms in total. The summed E-state index contributed by atoms with van der Waals surface area (Å²) in [6.07, 6.45) is 6.20. The normalized spacial score (nSPS) is 13.2. The summed E-state index contributed by atoms with van der Waals surface area (Å²) in [6.45, 7) is 4.18. The Morgan fingerprint density at radius 3 is 2.50 bits per heavy atom. The van der Waals surface area contributed by atoms with Crippen molar-refractivity contribution in [2.45, 2.75) is 52.1 Å². The first-order valence-corrected chi connectivity index (χ1v) is 4.67. The van der Waals surface area contributed by atoms with E-state index in [0.29, 0.717) is 0 Å². The quantitative estimate of drug-likeness (QED) is 0.323. The molecule has 0 aromatic heterocycles. The minimum Gasteiger partial charge on any atom is -0.210 e. The molecule has 12 heavy (non-hydrogen) atoms. The van der Waals surface area contributed by atoms with Gasteiger partial charge in [0.1, 0.15) is 0 Å². The van der Waals surface area contributed by atoms with Crippen LogP contribution in [0, 0.1) is 0 Å². The Morgan fingerprint density at radius 2 is 1.92 bits per heavy atom. The van der Waals surface area contributed by atoms with Gasteiger partial charge in [0.15, 0.2) is 0 Å². The Bertz CT molecular complexity index is 85.8. The highest BCUT2D eigenvalue weighted by atomic mass is 17.5. The van der Waals surface area contributed by atoms with Gasteiger partial charge in [-0.05, 0) is 13.3 Å². The molecule has 0 aromatic carbocycles. The zero-order valence-corrected chi connectivity index (χ0v) is 8.34. The lowest BCUT2D eigenvalue weighted by molar-refractivity contribution is -0.515. The second-order valence-electron chi connectivity index (χ2n) is 2.99. The topological polar surface area (TPSA) is 27.7 Å². The second-order valence-corrected chi connectivity index (χ2v) is 2.99. The van der Waals surface area contributed by atoms with Crippen molar-refractivity contribution in [3.8, 4) is 0 Å². The summed E-state index contributed by atoms with van der Waals surface area (Å²) in [6, 6.07) is 0. The maximum atomic E-state index is 4.85. The molecule has 0 spiro atoms. The Hall–Kier alpha value is -0.120. The summed E-state index contributed by atoms with van der Waals surface area (Å²) < 4.78 is 0. The van der Waals surface area contributed by atoms with E-state index in [4.69, 9.17) is 4.89 Å². The van der Waals surface area contributed by atoms with Crippen LogP contribution >= 0.6 is 0 Å². The fraction of sp³-hybridized carbons (Fsp3) is 1.00. The van der Waals surface area contributed by atoms with Crippen molar-refractivity contribution in [3.63, 3.8) is 0 Å². The van der Waals surface area contributed by atoms with Crippen LogP contribution < -0.4 is 0 Å². The number of unbranched alkanes of at least 4 members (excludes halogenated alkanes) is 3. The van der Waals surface area contributed by atoms with Crippen molar-refractivity contribution in [2.75, 3.05) is 7.11 Å². The summed E-state index contributed by atoms with van der Waals surface area (Å²) in [4.78, 5) is 9.17. The fourth-order valence-electron chi connectivity index (χ4n) is 1.01. The maximum Gasteiger partial charge on any atom is 0.0933 e. The van der Waals surface area contributed by atoms with E-state index in [0.717, 1.165) is 6.42 Å². The molecule has 0 heterocycles. The van der Waals surface area contributed by atoms with Crippen molar-refractivity contribution >= 4 is 0 Å². The third kappa shape index (κ3) is 7.98. The Balaban J connectivity index is 3.02. The van der Waals surface area contributed by atoms with Crippen LogP contribution in [-0.4, -0.2) is 13.2 Å². The van der Waals surface area contributed by atoms with Gasteiger partial charge in [0.2, 0.25) is 0 Å². The van der Waals surface area contributed by atoms with Gasteiger partial charge in [0.25, 0.3) is 0 Å². The standard InChI is InChI=1S/C9H20O3/c1-4-5-6-7-8-9(2)11-12-10-3/h9H,4-8H2,1-3H3. The molecule has 74 valence electrons. The van der Waals surface area contributed by atoms with E-state index < -0.39 is 0 Å². The van der Waals surface area contributed by atoms with Crippen molar-refractivity contribution in [1.82, 2.24) is 0 Å². The highest BCUT2D eigenvalue weighted by Gasteiger charge is 2.02. The van der Waals surface area contributed by atoms with E-state index in [1.165, 1.54) is 32.8 Å². The molecule has 0 bridgehead atoms. The average Bonchev–Trinajstić information content (AvgIpc) is 2.09. The van der Waals surface area contributed by atoms with Crippen LogP contribution in [0.1, 0.15) is 46.0 Å². The third-order valence-electron chi connectivity index (χ3n) is 1.74. The van der Waals surface area contributed by atoms with Gasteiger partial charge in [-0.25, -0.2) is 9.78 Å². The molecular formula is C9H20O3. The monoisotopic (exact) mass is 176 g/mol. The molecule has 0 aromatic rings. The predicted octanol–water partition coefficient (Wildman–Crippen LogP) is 2.85. The molecule has 0 radical (unpaired) electrons. The minimum atomic E-state index is 0.127. The van der Waals surface area contributed by atoms with Crippen molar-refractivity contribution in [2.24, 2.45) is 0 Å². The Kier molecular flexibility index (Phi) is 8.88. The molecule has 1 unspecified atom stereocenters. The molecule has 0 N–H and O–H groups in total. The van der Waals surface area contributed by atoms with Gasteiger partial charge in [-0.3, -0.25) is 0 Å². The largest absolute Gasteiger partial charge is 0.210 e. The van der Waals surface area contributed by atoms with Gasteiger partial charge in [-0.1, -0.05) is 37.6 Å². The van der Waals surface area contributed by atoms with E-state index >= 15 is 0 Å². The Labute approximate surface area is 74.9 Å². The smallest absolute Gasteiger partial charge is 0.0933 e. The first kappa shape index (κ1) is 11.9. The predicted molar refractivity (Wildman–Crippen MR) is 47.4 cm³/mol. The first-order chi connectivity index (χ1) is 5.81. The third-order valence-corrected chi connectivity index (χ3v) is 1.74. The summed E-state index contributed by atoms with van der Waals surface area (Å²) in [7, 11) is 1.43. The maximum absolute atomic E-state index is 4.85. The van der Waals surface area contributed by atoms with E-state index in [9.17, 15) is 0 Å². The number of hydrogen-bond donors (Lipinski definition) is 0. The molecule has 0 aliphatic heterocycles. The van der Waals surface area contributed by atoms with Crippen LogP contribution in [0.3, 0.4) is 0 Å². The zero-order valence-electron chi connectivity index (χ0n) is 8.34. The summed E-state index contributed by atoms with van der Waals surface area (Å²) in [5.41, 5.74) is 0. The lowest BCUT2D eigenvalue weighted by Gasteiger charge is -2.08. The van der Waals surface area contributed by atoms with E-state index in [1.807, 2.05) is 6.92 Å². The summed E-state index contributed by atoms with van der Waals surface area (Å²) in [5, 5.41) is 4.35. The zero-order chi connectivity index (χ0) is 9.23. The van der Waals surface area contributed by atoms with Gasteiger partial charge >= 0.3 is 0 Å². The molecule has 0 saturated heterocycles. The van der Waals surface area contributed by atoms with Gasteiger partial charge in [-0.15, -0.1) is 0 Å². The highest BCUT2D eigenvalue weighted by molar-refractivity contribution is 4.48. The molecule has 0 aliphatic carbocycles. The molecule has 0 saturated carbocycles.